The van der Waals surface area contributed by atoms with Crippen LogP contribution in [0.4, 0.5) is 4.39 Å². The summed E-state index contributed by atoms with van der Waals surface area (Å²) in [6.45, 7) is 0. The molecular weight excluding hydrogens is 453 g/mol. The van der Waals surface area contributed by atoms with Gasteiger partial charge in [-0.1, -0.05) is 54.4 Å². The Morgan fingerprint density at radius 1 is 1.00 bits per heavy atom. The van der Waals surface area contributed by atoms with Gasteiger partial charge in [-0.25, -0.2) is 9.18 Å². The minimum absolute atomic E-state index is 0.289. The predicted octanol–water partition coefficient (Wildman–Crippen LogP) is 6.61. The summed E-state index contributed by atoms with van der Waals surface area (Å²) in [6, 6.07) is 18.2. The molecule has 1 saturated carbocycles. The lowest BCUT2D eigenvalue weighted by Gasteiger charge is -2.32. The number of allylic oxidation sites excluding steroid dienone is 1. The molecule has 1 aliphatic rings. The highest BCUT2D eigenvalue weighted by Gasteiger charge is 2.28. The molecule has 5 nitrogen and oxygen atoms in total. The lowest BCUT2D eigenvalue weighted by atomic mass is 9.73. The average Bonchev–Trinajstić information content (AvgIpc) is 3.25. The molecule has 0 bridgehead atoms. The lowest BCUT2D eigenvalue weighted by molar-refractivity contribution is -0.131. The minimum atomic E-state index is -0.996. The van der Waals surface area contributed by atoms with Gasteiger partial charge in [0, 0.05) is 6.08 Å². The quantitative estimate of drug-likeness (QED) is 0.244. The van der Waals surface area contributed by atoms with Gasteiger partial charge in [0.15, 0.2) is 0 Å². The van der Waals surface area contributed by atoms with Crippen LogP contribution in [0.25, 0.3) is 28.3 Å². The number of aromatic nitrogens is 3. The normalized spacial score (nSPS) is 14.9. The van der Waals surface area contributed by atoms with Crippen molar-refractivity contribution >= 4 is 45.8 Å². The number of hydrogen-bond acceptors (Lipinski definition) is 3. The number of halogens is 2. The molecule has 0 unspecified atom stereocenters. The van der Waals surface area contributed by atoms with Crippen molar-refractivity contribution in [3.63, 3.8) is 0 Å². The third-order valence-electron chi connectivity index (χ3n) is 6.23. The molecule has 1 aromatic heterocycles. The number of aliphatic carboxylic acids is 1. The molecular formula is C27H21ClFN3O2. The second-order valence-corrected chi connectivity index (χ2v) is 8.77. The van der Waals surface area contributed by atoms with Gasteiger partial charge in [0.1, 0.15) is 16.9 Å². The van der Waals surface area contributed by atoms with Crippen LogP contribution in [0.1, 0.15) is 41.5 Å². The fraction of sp³-hybridized carbons (Fsp3) is 0.148. The summed E-state index contributed by atoms with van der Waals surface area (Å²) >= 11 is 6.58. The standard InChI is InChI=1S/C27H21ClFN3O2/c28-22-15-20(29)10-11-21(22)27(17-2-1-3-17)26(19-9-12-23-24(14-19)31-32-30-23)18-7-4-16(5-8-18)6-13-25(33)34/h4-15,17H,1-3H2,(H,33,34)(H,30,31,32). The van der Waals surface area contributed by atoms with Crippen LogP contribution < -0.4 is 0 Å². The van der Waals surface area contributed by atoms with Crippen LogP contribution in [0.15, 0.2) is 66.7 Å². The molecule has 34 heavy (non-hydrogen) atoms. The number of benzene rings is 3. The summed E-state index contributed by atoms with van der Waals surface area (Å²) < 4.78 is 13.9. The van der Waals surface area contributed by atoms with Gasteiger partial charge in [0.05, 0.1) is 5.02 Å². The highest BCUT2D eigenvalue weighted by Crippen LogP contribution is 2.47. The summed E-state index contributed by atoms with van der Waals surface area (Å²) in [7, 11) is 0. The smallest absolute Gasteiger partial charge is 0.328 e. The van der Waals surface area contributed by atoms with Gasteiger partial charge in [-0.05, 0) is 82.5 Å². The molecule has 0 saturated heterocycles. The van der Waals surface area contributed by atoms with Gasteiger partial charge in [-0.3, -0.25) is 0 Å². The van der Waals surface area contributed by atoms with Gasteiger partial charge in [-0.2, -0.15) is 15.4 Å². The number of fused-ring (bicyclic) bond motifs is 1. The Hall–Kier alpha value is -3.77. The number of nitrogens with one attached hydrogen (secondary N) is 1. The Labute approximate surface area is 200 Å². The summed E-state index contributed by atoms with van der Waals surface area (Å²) in [5.41, 5.74) is 7.09. The van der Waals surface area contributed by atoms with Crippen molar-refractivity contribution < 1.29 is 14.3 Å². The van der Waals surface area contributed by atoms with Crippen molar-refractivity contribution in [3.05, 3.63) is 99.8 Å². The van der Waals surface area contributed by atoms with Gasteiger partial charge in [-0.15, -0.1) is 0 Å². The molecule has 7 heteroatoms. The van der Waals surface area contributed by atoms with Gasteiger partial charge in [0.25, 0.3) is 0 Å². The predicted molar refractivity (Wildman–Crippen MR) is 132 cm³/mol. The molecule has 0 spiro atoms. The molecule has 2 N–H and O–H groups in total. The van der Waals surface area contributed by atoms with E-state index in [9.17, 15) is 9.18 Å². The Morgan fingerprint density at radius 2 is 1.74 bits per heavy atom. The zero-order valence-corrected chi connectivity index (χ0v) is 18.9. The van der Waals surface area contributed by atoms with Gasteiger partial charge in [0.2, 0.25) is 0 Å². The largest absolute Gasteiger partial charge is 0.478 e. The number of nitrogens with zero attached hydrogens (tertiary/aromatic N) is 2. The summed E-state index contributed by atoms with van der Waals surface area (Å²) in [4.78, 5) is 10.9. The summed E-state index contributed by atoms with van der Waals surface area (Å²) in [5, 5.41) is 20.4. The monoisotopic (exact) mass is 473 g/mol. The topological polar surface area (TPSA) is 78.9 Å². The average molecular weight is 474 g/mol. The second kappa shape index (κ2) is 9.23. The molecule has 0 aliphatic heterocycles. The Kier molecular flexibility index (Phi) is 5.99. The summed E-state index contributed by atoms with van der Waals surface area (Å²) in [5.74, 6) is -1.08. The van der Waals surface area contributed by atoms with Crippen LogP contribution in [0, 0.1) is 11.7 Å². The zero-order chi connectivity index (χ0) is 23.7. The van der Waals surface area contributed by atoms with Crippen LogP contribution in [0.5, 0.6) is 0 Å². The van der Waals surface area contributed by atoms with Crippen molar-refractivity contribution in [2.24, 2.45) is 5.92 Å². The molecule has 0 amide bonds. The first-order valence-corrected chi connectivity index (χ1v) is 11.4. The maximum Gasteiger partial charge on any atom is 0.328 e. The number of rotatable bonds is 6. The first kappa shape index (κ1) is 22.0. The van der Waals surface area contributed by atoms with E-state index in [1.807, 2.05) is 42.5 Å². The Morgan fingerprint density at radius 3 is 2.41 bits per heavy atom. The molecule has 5 rings (SSSR count). The van der Waals surface area contributed by atoms with E-state index in [2.05, 4.69) is 15.4 Å². The third kappa shape index (κ3) is 4.37. The van der Waals surface area contributed by atoms with Crippen molar-refractivity contribution in [2.45, 2.75) is 19.3 Å². The Bertz CT molecular complexity index is 1440. The molecule has 0 atom stereocenters. The molecule has 1 fully saturated rings. The van der Waals surface area contributed by atoms with Crippen molar-refractivity contribution in [1.82, 2.24) is 15.4 Å². The maximum absolute atomic E-state index is 13.9. The minimum Gasteiger partial charge on any atom is -0.478 e. The zero-order valence-electron chi connectivity index (χ0n) is 18.1. The van der Waals surface area contributed by atoms with Crippen LogP contribution in [-0.4, -0.2) is 26.5 Å². The van der Waals surface area contributed by atoms with Crippen LogP contribution >= 0.6 is 11.6 Å². The van der Waals surface area contributed by atoms with Crippen molar-refractivity contribution in [2.75, 3.05) is 0 Å². The number of H-pyrrole nitrogens is 1. The molecule has 1 heterocycles. The van der Waals surface area contributed by atoms with E-state index in [1.165, 1.54) is 12.1 Å². The van der Waals surface area contributed by atoms with Crippen LogP contribution in [0.3, 0.4) is 0 Å². The fourth-order valence-electron chi connectivity index (χ4n) is 4.37. The van der Waals surface area contributed by atoms with Crippen LogP contribution in [0.2, 0.25) is 5.02 Å². The highest BCUT2D eigenvalue weighted by molar-refractivity contribution is 6.32. The first-order valence-electron chi connectivity index (χ1n) is 11.0. The number of carbonyl (C=O) groups is 1. The Balaban J connectivity index is 1.75. The van der Waals surface area contributed by atoms with E-state index in [0.29, 0.717) is 5.02 Å². The second-order valence-electron chi connectivity index (χ2n) is 8.36. The van der Waals surface area contributed by atoms with E-state index in [1.54, 1.807) is 12.1 Å². The van der Waals surface area contributed by atoms with Crippen molar-refractivity contribution in [3.8, 4) is 0 Å². The SMILES string of the molecule is O=C(O)C=Cc1ccc(C(=C(c2ccc(F)cc2Cl)C2CCC2)c2ccc3n[nH]nc3c2)cc1. The van der Waals surface area contributed by atoms with E-state index < -0.39 is 5.97 Å². The fourth-order valence-corrected chi connectivity index (χ4v) is 4.63. The van der Waals surface area contributed by atoms with E-state index in [4.69, 9.17) is 16.7 Å². The highest BCUT2D eigenvalue weighted by atomic mass is 35.5. The lowest BCUT2D eigenvalue weighted by Crippen LogP contribution is -2.15. The van der Waals surface area contributed by atoms with E-state index >= 15 is 0 Å². The molecule has 1 aliphatic carbocycles. The maximum atomic E-state index is 13.9. The first-order chi connectivity index (χ1) is 16.5. The van der Waals surface area contributed by atoms with E-state index in [-0.39, 0.29) is 11.7 Å². The van der Waals surface area contributed by atoms with Crippen LogP contribution in [-0.2, 0) is 4.79 Å². The van der Waals surface area contributed by atoms with E-state index in [0.717, 1.165) is 69.8 Å². The van der Waals surface area contributed by atoms with Gasteiger partial charge >= 0.3 is 5.97 Å². The molecule has 4 aromatic rings. The summed E-state index contributed by atoms with van der Waals surface area (Å²) in [6.07, 6.45) is 5.85. The third-order valence-corrected chi connectivity index (χ3v) is 6.54. The molecule has 0 radical (unpaired) electrons. The van der Waals surface area contributed by atoms with Crippen molar-refractivity contribution in [1.29, 1.82) is 0 Å². The number of aromatic amines is 1. The molecule has 170 valence electrons. The number of carboxylic acids is 1. The molecule has 3 aromatic carbocycles. The number of hydrogen-bond donors (Lipinski definition) is 2. The van der Waals surface area contributed by atoms with Gasteiger partial charge < -0.3 is 5.11 Å². The number of carboxylic acid groups (broad SMARTS) is 1.